The molecule has 0 radical (unpaired) electrons. The third-order valence-electron chi connectivity index (χ3n) is 7.08. The van der Waals surface area contributed by atoms with Gasteiger partial charge in [0, 0.05) is 12.1 Å². The minimum atomic E-state index is -0.444. The number of para-hydroxylation sites is 2. The Morgan fingerprint density at radius 2 is 1.61 bits per heavy atom. The lowest BCUT2D eigenvalue weighted by Gasteiger charge is -2.50. The molecular formula is C30H42N2O4. The summed E-state index contributed by atoms with van der Waals surface area (Å²) < 4.78 is 11.3. The van der Waals surface area contributed by atoms with Crippen molar-refractivity contribution in [3.8, 4) is 11.5 Å². The van der Waals surface area contributed by atoms with Gasteiger partial charge in [-0.3, -0.25) is 0 Å². The largest absolute Gasteiger partial charge is 0.412 e. The molecule has 3 unspecified atom stereocenters. The molecule has 0 heterocycles. The Morgan fingerprint density at radius 1 is 0.917 bits per heavy atom. The minimum Gasteiger partial charge on any atom is -0.410 e. The number of nitrogens with one attached hydrogen (secondary N) is 2. The van der Waals surface area contributed by atoms with Crippen LogP contribution < -0.4 is 20.1 Å². The highest BCUT2D eigenvalue weighted by Gasteiger charge is 2.46. The van der Waals surface area contributed by atoms with Gasteiger partial charge in [-0.25, -0.2) is 9.59 Å². The van der Waals surface area contributed by atoms with Crippen molar-refractivity contribution < 1.29 is 19.1 Å². The number of hydrogen-bond acceptors (Lipinski definition) is 4. The second-order valence-corrected chi connectivity index (χ2v) is 11.2. The first-order valence-electron chi connectivity index (χ1n) is 13.2. The van der Waals surface area contributed by atoms with E-state index in [1.54, 1.807) is 12.1 Å². The molecule has 1 aliphatic rings. The smallest absolute Gasteiger partial charge is 0.410 e. The van der Waals surface area contributed by atoms with Crippen molar-refractivity contribution in [1.29, 1.82) is 0 Å². The van der Waals surface area contributed by atoms with Crippen LogP contribution >= 0.6 is 0 Å². The molecule has 1 saturated carbocycles. The van der Waals surface area contributed by atoms with E-state index in [0.717, 1.165) is 50.5 Å². The molecule has 196 valence electrons. The van der Waals surface area contributed by atoms with Crippen molar-refractivity contribution in [2.45, 2.75) is 91.6 Å². The summed E-state index contributed by atoms with van der Waals surface area (Å²) in [7, 11) is 0. The molecule has 2 amide bonds. The number of benzene rings is 2. The van der Waals surface area contributed by atoms with Crippen molar-refractivity contribution in [2.75, 3.05) is 0 Å². The van der Waals surface area contributed by atoms with Crippen LogP contribution in [0.5, 0.6) is 11.5 Å². The molecule has 3 rings (SSSR count). The molecule has 0 bridgehead atoms. The fourth-order valence-electron chi connectivity index (χ4n) is 5.93. The van der Waals surface area contributed by atoms with Crippen LogP contribution in [0.3, 0.4) is 0 Å². The average Bonchev–Trinajstić information content (AvgIpc) is 2.79. The second kappa shape index (κ2) is 12.3. The summed E-state index contributed by atoms with van der Waals surface area (Å²) in [5.74, 6) is 1.13. The number of ether oxygens (including phenoxy) is 2. The van der Waals surface area contributed by atoms with Crippen molar-refractivity contribution in [3.05, 3.63) is 60.2 Å². The summed E-state index contributed by atoms with van der Waals surface area (Å²) in [5.41, 5.74) is 0.807. The van der Waals surface area contributed by atoms with Crippen molar-refractivity contribution in [1.82, 2.24) is 10.6 Å². The van der Waals surface area contributed by atoms with Crippen LogP contribution in [-0.2, 0) is 6.42 Å². The zero-order chi connectivity index (χ0) is 26.2. The van der Waals surface area contributed by atoms with E-state index >= 15 is 0 Å². The number of amides is 2. The Kier molecular flexibility index (Phi) is 9.41. The molecule has 2 aromatic carbocycles. The van der Waals surface area contributed by atoms with Crippen LogP contribution in [-0.4, -0.2) is 24.3 Å². The van der Waals surface area contributed by atoms with Gasteiger partial charge in [-0.05, 0) is 66.7 Å². The van der Waals surface area contributed by atoms with E-state index < -0.39 is 12.2 Å². The van der Waals surface area contributed by atoms with Crippen molar-refractivity contribution >= 4 is 12.2 Å². The third kappa shape index (κ3) is 7.74. The van der Waals surface area contributed by atoms with Crippen LogP contribution in [0, 0.1) is 10.8 Å². The lowest BCUT2D eigenvalue weighted by atomic mass is 9.59. The normalized spacial score (nSPS) is 21.8. The predicted octanol–water partition coefficient (Wildman–Crippen LogP) is 7.27. The summed E-state index contributed by atoms with van der Waals surface area (Å²) in [4.78, 5) is 25.7. The molecule has 36 heavy (non-hydrogen) atoms. The number of hydrogen-bond donors (Lipinski definition) is 2. The molecule has 6 heteroatoms. The van der Waals surface area contributed by atoms with Crippen molar-refractivity contribution in [3.63, 3.8) is 0 Å². The van der Waals surface area contributed by atoms with Crippen LogP contribution in [0.1, 0.15) is 78.7 Å². The molecule has 3 atom stereocenters. The van der Waals surface area contributed by atoms with Gasteiger partial charge in [0.25, 0.3) is 0 Å². The molecule has 2 aromatic rings. The standard InChI is InChI=1S/C30H42N2O4/c1-6-13-22-15-11-12-18-25(22)36-27(33)31-23-19-29(3,4)21-30(5,20-23)26(14-7-2)32-28(34)35-24-16-9-8-10-17-24/h8-12,15-18,23,26H,6-7,13-14,19-21H2,1-5H3,(H,31,33)(H,32,34). The Balaban J connectivity index is 1.70. The summed E-state index contributed by atoms with van der Waals surface area (Å²) in [6.45, 7) is 10.9. The summed E-state index contributed by atoms with van der Waals surface area (Å²) >= 11 is 0. The molecule has 6 nitrogen and oxygen atoms in total. The Morgan fingerprint density at radius 3 is 2.31 bits per heavy atom. The second-order valence-electron chi connectivity index (χ2n) is 11.2. The molecule has 1 fully saturated rings. The maximum absolute atomic E-state index is 12.9. The van der Waals surface area contributed by atoms with Gasteiger partial charge in [-0.1, -0.05) is 83.9 Å². The predicted molar refractivity (Wildman–Crippen MR) is 143 cm³/mol. The molecule has 0 saturated heterocycles. The van der Waals surface area contributed by atoms with E-state index in [1.165, 1.54) is 0 Å². The van der Waals surface area contributed by atoms with Gasteiger partial charge in [0.05, 0.1) is 0 Å². The molecule has 1 aliphatic carbocycles. The van der Waals surface area contributed by atoms with Crippen LogP contribution in [0.2, 0.25) is 0 Å². The lowest BCUT2D eigenvalue weighted by Crippen LogP contribution is -2.55. The monoisotopic (exact) mass is 494 g/mol. The fraction of sp³-hybridized carbons (Fsp3) is 0.533. The van der Waals surface area contributed by atoms with Gasteiger partial charge < -0.3 is 20.1 Å². The van der Waals surface area contributed by atoms with Gasteiger partial charge in [-0.2, -0.15) is 0 Å². The van der Waals surface area contributed by atoms with Gasteiger partial charge in [0.1, 0.15) is 11.5 Å². The zero-order valence-electron chi connectivity index (χ0n) is 22.4. The van der Waals surface area contributed by atoms with Crippen LogP contribution in [0.15, 0.2) is 54.6 Å². The van der Waals surface area contributed by atoms with E-state index in [2.05, 4.69) is 45.3 Å². The van der Waals surface area contributed by atoms with Gasteiger partial charge in [0.15, 0.2) is 0 Å². The number of rotatable bonds is 9. The number of carbonyl (C=O) groups is 2. The molecule has 0 aliphatic heterocycles. The summed E-state index contributed by atoms with van der Waals surface area (Å²) in [6, 6.07) is 16.7. The highest BCUT2D eigenvalue weighted by molar-refractivity contribution is 5.71. The first-order chi connectivity index (χ1) is 17.1. The third-order valence-corrected chi connectivity index (χ3v) is 7.08. The van der Waals surface area contributed by atoms with E-state index in [-0.39, 0.29) is 22.9 Å². The quantitative estimate of drug-likeness (QED) is 0.384. The topological polar surface area (TPSA) is 76.7 Å². The highest BCUT2D eigenvalue weighted by Crippen LogP contribution is 2.49. The Bertz CT molecular complexity index is 1010. The summed E-state index contributed by atoms with van der Waals surface area (Å²) in [5, 5.41) is 6.28. The van der Waals surface area contributed by atoms with E-state index in [9.17, 15) is 9.59 Å². The molecule has 2 N–H and O–H groups in total. The maximum Gasteiger partial charge on any atom is 0.412 e. The van der Waals surface area contributed by atoms with Gasteiger partial charge in [0.2, 0.25) is 0 Å². The first-order valence-corrected chi connectivity index (χ1v) is 13.2. The van der Waals surface area contributed by atoms with Gasteiger partial charge >= 0.3 is 12.2 Å². The van der Waals surface area contributed by atoms with E-state index in [0.29, 0.717) is 11.5 Å². The summed E-state index contributed by atoms with van der Waals surface area (Å²) in [6.07, 6.45) is 5.27. The number of carbonyl (C=O) groups excluding carboxylic acids is 2. The average molecular weight is 495 g/mol. The molecule has 0 spiro atoms. The van der Waals surface area contributed by atoms with Crippen molar-refractivity contribution in [2.24, 2.45) is 10.8 Å². The maximum atomic E-state index is 12.9. The van der Waals surface area contributed by atoms with E-state index in [1.807, 2.05) is 42.5 Å². The first kappa shape index (κ1) is 27.6. The van der Waals surface area contributed by atoms with Gasteiger partial charge in [-0.15, -0.1) is 0 Å². The fourth-order valence-corrected chi connectivity index (χ4v) is 5.93. The Labute approximate surface area is 216 Å². The molecule has 0 aromatic heterocycles. The van der Waals surface area contributed by atoms with E-state index in [4.69, 9.17) is 9.47 Å². The Hall–Kier alpha value is -3.02. The molecular weight excluding hydrogens is 452 g/mol. The lowest BCUT2D eigenvalue weighted by molar-refractivity contribution is 0.0371. The number of aryl methyl sites for hydroxylation is 1. The minimum absolute atomic E-state index is 0.0118. The van der Waals surface area contributed by atoms with Crippen LogP contribution in [0.4, 0.5) is 9.59 Å². The highest BCUT2D eigenvalue weighted by atomic mass is 16.6. The zero-order valence-corrected chi connectivity index (χ0v) is 22.4. The van der Waals surface area contributed by atoms with Crippen LogP contribution in [0.25, 0.3) is 0 Å². The SMILES string of the molecule is CCCc1ccccc1OC(=O)NC1CC(C)(C)CC(C)(C(CCC)NC(=O)Oc2ccccc2)C1.